The van der Waals surface area contributed by atoms with Crippen LogP contribution >= 0.6 is 11.5 Å². The van der Waals surface area contributed by atoms with E-state index in [4.69, 9.17) is 5.73 Å². The van der Waals surface area contributed by atoms with Crippen molar-refractivity contribution in [2.75, 3.05) is 5.73 Å². The lowest BCUT2D eigenvalue weighted by Gasteiger charge is -1.66. The van der Waals surface area contributed by atoms with Gasteiger partial charge < -0.3 is 10.1 Å². The van der Waals surface area contributed by atoms with Gasteiger partial charge in [-0.2, -0.15) is 0 Å². The van der Waals surface area contributed by atoms with Crippen molar-refractivity contribution < 1.29 is 0 Å². The van der Waals surface area contributed by atoms with Gasteiger partial charge in [0.2, 0.25) is 0 Å². The lowest BCUT2D eigenvalue weighted by molar-refractivity contribution is 1.57. The molecule has 1 rings (SSSR count). The Hall–Kier alpha value is -0.770. The van der Waals surface area contributed by atoms with Gasteiger partial charge in [-0.15, -0.1) is 0 Å². The van der Waals surface area contributed by atoms with Crippen LogP contribution in [0.4, 0.5) is 5.69 Å². The van der Waals surface area contributed by atoms with Gasteiger partial charge in [0.15, 0.2) is 0 Å². The minimum absolute atomic E-state index is 0.0972. The molecule has 0 unspecified atom stereocenters. The SMILES string of the molecule is Nc1c[nH]sc1=O. The van der Waals surface area contributed by atoms with Gasteiger partial charge in [0, 0.05) is 6.20 Å². The summed E-state index contributed by atoms with van der Waals surface area (Å²) in [4.78, 5) is 10.3. The molecule has 0 amide bonds. The predicted octanol–water partition coefficient (Wildman–Crippen LogP) is 0.0186. The zero-order valence-electron chi connectivity index (χ0n) is 3.47. The maximum atomic E-state index is 10.3. The molecule has 0 aliphatic carbocycles. The van der Waals surface area contributed by atoms with E-state index in [1.807, 2.05) is 0 Å². The number of H-pyrrole nitrogens is 1. The van der Waals surface area contributed by atoms with Crippen LogP contribution in [0.25, 0.3) is 0 Å². The smallest absolute Gasteiger partial charge is 0.272 e. The molecule has 0 aliphatic rings. The van der Waals surface area contributed by atoms with Gasteiger partial charge in [-0.3, -0.25) is 4.79 Å². The molecule has 1 heterocycles. The van der Waals surface area contributed by atoms with E-state index in [-0.39, 0.29) is 4.74 Å². The first kappa shape index (κ1) is 4.39. The van der Waals surface area contributed by atoms with E-state index in [1.165, 1.54) is 6.20 Å². The number of nitrogens with two attached hydrogens (primary N) is 1. The molecule has 38 valence electrons. The van der Waals surface area contributed by atoms with Crippen LogP contribution in [-0.2, 0) is 0 Å². The first-order chi connectivity index (χ1) is 3.30. The summed E-state index contributed by atoms with van der Waals surface area (Å²) in [5.74, 6) is 0. The quantitative estimate of drug-likeness (QED) is 0.502. The second kappa shape index (κ2) is 1.38. The van der Waals surface area contributed by atoms with E-state index >= 15 is 0 Å². The molecule has 1 aromatic heterocycles. The van der Waals surface area contributed by atoms with Gasteiger partial charge in [-0.05, 0) is 11.5 Å². The molecular weight excluding hydrogens is 112 g/mol. The monoisotopic (exact) mass is 116 g/mol. The molecule has 0 atom stereocenters. The third-order valence-corrected chi connectivity index (χ3v) is 1.26. The summed E-state index contributed by atoms with van der Waals surface area (Å²) in [5.41, 5.74) is 5.40. The topological polar surface area (TPSA) is 58.9 Å². The van der Waals surface area contributed by atoms with Crippen molar-refractivity contribution in [2.45, 2.75) is 0 Å². The number of nitrogens with one attached hydrogen (secondary N) is 1. The summed E-state index contributed by atoms with van der Waals surface area (Å²) in [6.07, 6.45) is 1.48. The molecule has 4 heteroatoms. The Morgan fingerprint density at radius 2 is 2.57 bits per heavy atom. The van der Waals surface area contributed by atoms with Crippen LogP contribution in [0.2, 0.25) is 0 Å². The van der Waals surface area contributed by atoms with Crippen molar-refractivity contribution in [1.29, 1.82) is 0 Å². The Labute approximate surface area is 43.9 Å². The van der Waals surface area contributed by atoms with Crippen molar-refractivity contribution in [3.8, 4) is 0 Å². The van der Waals surface area contributed by atoms with E-state index < -0.39 is 0 Å². The zero-order valence-corrected chi connectivity index (χ0v) is 4.29. The fourth-order valence-electron chi connectivity index (χ4n) is 0.264. The van der Waals surface area contributed by atoms with Gasteiger partial charge >= 0.3 is 0 Å². The van der Waals surface area contributed by atoms with Gasteiger partial charge in [0.1, 0.15) is 5.69 Å². The second-order valence-electron chi connectivity index (χ2n) is 1.11. The molecule has 7 heavy (non-hydrogen) atoms. The summed E-state index contributed by atoms with van der Waals surface area (Å²) < 4.78 is 2.50. The summed E-state index contributed by atoms with van der Waals surface area (Å²) in [5, 5.41) is 0. The highest BCUT2D eigenvalue weighted by Gasteiger charge is 1.88. The number of aromatic nitrogens is 1. The van der Waals surface area contributed by atoms with Crippen LogP contribution in [0, 0.1) is 0 Å². The van der Waals surface area contributed by atoms with E-state index in [9.17, 15) is 4.79 Å². The van der Waals surface area contributed by atoms with Gasteiger partial charge in [0.25, 0.3) is 4.74 Å². The molecule has 0 saturated carbocycles. The van der Waals surface area contributed by atoms with Crippen molar-refractivity contribution >= 4 is 17.2 Å². The third kappa shape index (κ3) is 0.640. The van der Waals surface area contributed by atoms with Crippen molar-refractivity contribution in [1.82, 2.24) is 4.37 Å². The Kier molecular flexibility index (Phi) is 0.867. The van der Waals surface area contributed by atoms with Gasteiger partial charge in [-0.25, -0.2) is 0 Å². The van der Waals surface area contributed by atoms with Crippen molar-refractivity contribution in [2.24, 2.45) is 0 Å². The second-order valence-corrected chi connectivity index (χ2v) is 1.92. The molecule has 0 fully saturated rings. The molecule has 0 aliphatic heterocycles. The number of anilines is 1. The zero-order chi connectivity index (χ0) is 5.28. The number of hydrogen-bond acceptors (Lipinski definition) is 3. The van der Waals surface area contributed by atoms with Gasteiger partial charge in [-0.1, -0.05) is 0 Å². The van der Waals surface area contributed by atoms with E-state index in [0.29, 0.717) is 5.69 Å². The minimum Gasteiger partial charge on any atom is -0.394 e. The Morgan fingerprint density at radius 1 is 1.86 bits per heavy atom. The lowest BCUT2D eigenvalue weighted by atomic mass is 10.6. The number of nitrogen functional groups attached to an aromatic ring is 1. The number of rotatable bonds is 0. The summed E-state index contributed by atoms with van der Waals surface area (Å²) in [7, 11) is 0. The first-order valence-corrected chi connectivity index (χ1v) is 2.54. The average molecular weight is 116 g/mol. The van der Waals surface area contributed by atoms with E-state index in [2.05, 4.69) is 4.37 Å². The third-order valence-electron chi connectivity index (χ3n) is 0.602. The number of aromatic amines is 1. The average Bonchev–Trinajstić information content (AvgIpc) is 1.91. The Morgan fingerprint density at radius 3 is 2.71 bits per heavy atom. The predicted molar refractivity (Wildman–Crippen MR) is 29.4 cm³/mol. The summed E-state index contributed by atoms with van der Waals surface area (Å²) in [6, 6.07) is 0. The highest BCUT2D eigenvalue weighted by Crippen LogP contribution is 1.88. The Balaban J connectivity index is 3.39. The maximum Gasteiger partial charge on any atom is 0.272 e. The van der Waals surface area contributed by atoms with Crippen molar-refractivity contribution in [3.05, 3.63) is 15.7 Å². The highest BCUT2D eigenvalue weighted by molar-refractivity contribution is 7.03. The normalized spacial score (nSPS) is 9.14. The first-order valence-electron chi connectivity index (χ1n) is 1.73. The maximum absolute atomic E-state index is 10.3. The number of hydrogen-bond donors (Lipinski definition) is 2. The standard InChI is InChI=1S/C3H4N2OS/c4-2-1-5-7-3(2)6/h1,5H,4H2. The molecule has 0 saturated heterocycles. The van der Waals surface area contributed by atoms with E-state index in [1.54, 1.807) is 0 Å². The van der Waals surface area contributed by atoms with Crippen LogP contribution in [0.15, 0.2) is 11.0 Å². The van der Waals surface area contributed by atoms with Gasteiger partial charge in [0.05, 0.1) is 0 Å². The van der Waals surface area contributed by atoms with Crippen LogP contribution < -0.4 is 10.5 Å². The lowest BCUT2D eigenvalue weighted by Crippen LogP contribution is -1.96. The molecule has 3 nitrogen and oxygen atoms in total. The summed E-state index contributed by atoms with van der Waals surface area (Å²) in [6.45, 7) is 0. The van der Waals surface area contributed by atoms with Crippen LogP contribution in [0.5, 0.6) is 0 Å². The van der Waals surface area contributed by atoms with Crippen LogP contribution in [0.1, 0.15) is 0 Å². The molecular formula is C3H4N2OS. The van der Waals surface area contributed by atoms with Crippen LogP contribution in [0.3, 0.4) is 0 Å². The Bertz CT molecular complexity index is 201. The molecule has 3 N–H and O–H groups in total. The fraction of sp³-hybridized carbons (Fsp3) is 0. The largest absolute Gasteiger partial charge is 0.394 e. The molecule has 0 aromatic carbocycles. The molecule has 1 aromatic rings. The van der Waals surface area contributed by atoms with E-state index in [0.717, 1.165) is 11.5 Å². The molecule has 0 radical (unpaired) electrons. The summed E-state index contributed by atoms with van der Waals surface area (Å²) >= 11 is 0.999. The van der Waals surface area contributed by atoms with Crippen LogP contribution in [-0.4, -0.2) is 4.37 Å². The highest BCUT2D eigenvalue weighted by atomic mass is 32.1. The minimum atomic E-state index is -0.0972. The molecule has 0 spiro atoms. The van der Waals surface area contributed by atoms with Crippen molar-refractivity contribution in [3.63, 3.8) is 0 Å². The fourth-order valence-corrected chi connectivity index (χ4v) is 0.734. The molecule has 0 bridgehead atoms.